The van der Waals surface area contributed by atoms with Crippen LogP contribution >= 0.6 is 0 Å². The van der Waals surface area contributed by atoms with Crippen LogP contribution in [0.4, 0.5) is 4.39 Å². The van der Waals surface area contributed by atoms with E-state index in [4.69, 9.17) is 10.00 Å². The van der Waals surface area contributed by atoms with Crippen LogP contribution in [0.15, 0.2) is 53.4 Å². The smallest absolute Gasteiger partial charge is 0.243 e. The Morgan fingerprint density at radius 3 is 2.39 bits per heavy atom. The number of halogens is 1. The lowest BCUT2D eigenvalue weighted by Crippen LogP contribution is -2.40. The molecule has 7 nitrogen and oxygen atoms in total. The van der Waals surface area contributed by atoms with Crippen molar-refractivity contribution in [1.82, 2.24) is 9.21 Å². The van der Waals surface area contributed by atoms with Gasteiger partial charge in [0.25, 0.3) is 0 Å². The van der Waals surface area contributed by atoms with Crippen LogP contribution in [0.2, 0.25) is 0 Å². The van der Waals surface area contributed by atoms with E-state index in [1.54, 1.807) is 12.1 Å². The lowest BCUT2D eigenvalue weighted by Gasteiger charge is -2.22. The molecule has 0 saturated carbocycles. The van der Waals surface area contributed by atoms with E-state index < -0.39 is 21.7 Å². The van der Waals surface area contributed by atoms with Gasteiger partial charge in [0.1, 0.15) is 6.61 Å². The molecule has 0 fully saturated rings. The summed E-state index contributed by atoms with van der Waals surface area (Å²) in [5.74, 6) is -0.842. The number of nitriles is 1. The Morgan fingerprint density at radius 2 is 1.79 bits per heavy atom. The van der Waals surface area contributed by atoms with Gasteiger partial charge in [0.15, 0.2) is 11.6 Å². The van der Waals surface area contributed by atoms with Crippen LogP contribution in [0.3, 0.4) is 0 Å². The summed E-state index contributed by atoms with van der Waals surface area (Å²) in [6, 6.07) is 13.3. The summed E-state index contributed by atoms with van der Waals surface area (Å²) in [6.45, 7) is -0.133. The van der Waals surface area contributed by atoms with Gasteiger partial charge in [-0.1, -0.05) is 12.1 Å². The average Bonchev–Trinajstić information content (AvgIpc) is 2.69. The minimum absolute atomic E-state index is 0.00709. The summed E-state index contributed by atoms with van der Waals surface area (Å²) in [5.41, 5.74) is 0.340. The Balaban J connectivity index is 1.91. The third kappa shape index (κ3) is 5.28. The van der Waals surface area contributed by atoms with Gasteiger partial charge in [0, 0.05) is 14.1 Å². The molecule has 28 heavy (non-hydrogen) atoms. The van der Waals surface area contributed by atoms with Gasteiger partial charge in [0.05, 0.1) is 29.6 Å². The van der Waals surface area contributed by atoms with Crippen LogP contribution in [0.5, 0.6) is 5.75 Å². The number of para-hydroxylation sites is 1. The fourth-order valence-electron chi connectivity index (χ4n) is 2.26. The normalized spacial score (nSPS) is 11.1. The molecule has 2 aromatic rings. The van der Waals surface area contributed by atoms with Crippen molar-refractivity contribution >= 4 is 15.9 Å². The molecule has 0 aliphatic carbocycles. The lowest BCUT2D eigenvalue weighted by atomic mass is 10.2. The van der Waals surface area contributed by atoms with Crippen molar-refractivity contribution in [3.63, 3.8) is 0 Å². The number of amides is 1. The summed E-state index contributed by atoms with van der Waals surface area (Å²) in [4.78, 5) is 13.6. The molecule has 0 radical (unpaired) electrons. The molecule has 0 N–H and O–H groups in total. The fraction of sp³-hybridized carbons (Fsp3) is 0.263. The van der Waals surface area contributed by atoms with Crippen LogP contribution in [0.25, 0.3) is 0 Å². The predicted octanol–water partition coefficient (Wildman–Crippen LogP) is 1.86. The van der Waals surface area contributed by atoms with Gasteiger partial charge >= 0.3 is 0 Å². The molecule has 0 heterocycles. The van der Waals surface area contributed by atoms with Crippen molar-refractivity contribution < 1.29 is 22.3 Å². The van der Waals surface area contributed by atoms with Crippen molar-refractivity contribution in [3.05, 3.63) is 59.9 Å². The number of hydrogen-bond acceptors (Lipinski definition) is 5. The minimum Gasteiger partial charge on any atom is -0.489 e. The van der Waals surface area contributed by atoms with Crippen LogP contribution in [-0.2, 0) is 14.8 Å². The average molecular weight is 405 g/mol. The molecule has 148 valence electrons. The van der Waals surface area contributed by atoms with E-state index in [2.05, 4.69) is 0 Å². The highest BCUT2D eigenvalue weighted by atomic mass is 32.2. The fourth-order valence-corrected chi connectivity index (χ4v) is 3.38. The molecule has 2 aromatic carbocycles. The number of nitrogens with zero attached hydrogens (tertiary/aromatic N) is 3. The molecule has 0 spiro atoms. The number of likely N-dealkylation sites (N-methyl/N-ethyl adjacent to an activating group) is 2. The van der Waals surface area contributed by atoms with E-state index in [1.807, 2.05) is 6.07 Å². The van der Waals surface area contributed by atoms with Crippen molar-refractivity contribution in [1.29, 1.82) is 5.26 Å². The van der Waals surface area contributed by atoms with E-state index in [0.29, 0.717) is 5.56 Å². The summed E-state index contributed by atoms with van der Waals surface area (Å²) in [7, 11) is -1.06. The first-order chi connectivity index (χ1) is 13.3. The highest BCUT2D eigenvalue weighted by Crippen LogP contribution is 2.16. The van der Waals surface area contributed by atoms with Gasteiger partial charge in [0.2, 0.25) is 15.9 Å². The van der Waals surface area contributed by atoms with Gasteiger partial charge in [-0.25, -0.2) is 12.8 Å². The highest BCUT2D eigenvalue weighted by molar-refractivity contribution is 7.89. The van der Waals surface area contributed by atoms with Crippen molar-refractivity contribution in [2.45, 2.75) is 4.90 Å². The van der Waals surface area contributed by atoms with Crippen LogP contribution in [0, 0.1) is 17.1 Å². The molecule has 0 aromatic heterocycles. The van der Waals surface area contributed by atoms with Crippen LogP contribution in [-0.4, -0.2) is 57.3 Å². The highest BCUT2D eigenvalue weighted by Gasteiger charge is 2.24. The topological polar surface area (TPSA) is 90.7 Å². The summed E-state index contributed by atoms with van der Waals surface area (Å²) in [5, 5.41) is 8.79. The maximum absolute atomic E-state index is 13.5. The molecule has 2 rings (SSSR count). The molecule has 0 unspecified atom stereocenters. The molecule has 0 saturated heterocycles. The first-order valence-corrected chi connectivity index (χ1v) is 9.77. The molecule has 0 aliphatic rings. The van der Waals surface area contributed by atoms with Crippen LogP contribution in [0.1, 0.15) is 5.56 Å². The zero-order chi connectivity index (χ0) is 20.7. The summed E-state index contributed by atoms with van der Waals surface area (Å²) >= 11 is 0. The van der Waals surface area contributed by atoms with E-state index in [0.717, 1.165) is 4.31 Å². The third-order valence-electron chi connectivity index (χ3n) is 4.00. The Labute approximate surface area is 163 Å². The first kappa shape index (κ1) is 21.3. The number of carbonyl (C=O) groups is 1. The number of hydrogen-bond donors (Lipinski definition) is 0. The Morgan fingerprint density at radius 1 is 1.14 bits per heavy atom. The minimum atomic E-state index is -3.87. The second kappa shape index (κ2) is 9.30. The standard InChI is InChI=1S/C19H20FN3O4S/c1-22(11-12-27-18-6-4-3-5-17(18)20)19(24)14-23(2)28(25,26)16-9-7-15(13-21)8-10-16/h3-10H,11-12,14H2,1-2H3. The van der Waals surface area contributed by atoms with Crippen molar-refractivity contribution in [2.24, 2.45) is 0 Å². The van der Waals surface area contributed by atoms with Gasteiger partial charge in [-0.2, -0.15) is 9.57 Å². The quantitative estimate of drug-likeness (QED) is 0.669. The molecule has 1 amide bonds. The van der Waals surface area contributed by atoms with E-state index >= 15 is 0 Å². The second-order valence-electron chi connectivity index (χ2n) is 5.99. The number of carbonyl (C=O) groups excluding carboxylic acids is 1. The van der Waals surface area contributed by atoms with Crippen molar-refractivity contribution in [3.8, 4) is 11.8 Å². The molecular weight excluding hydrogens is 385 g/mol. The molecule has 0 atom stereocenters. The summed E-state index contributed by atoms with van der Waals surface area (Å²) < 4.78 is 44.8. The third-order valence-corrected chi connectivity index (χ3v) is 5.81. The monoisotopic (exact) mass is 405 g/mol. The summed E-state index contributed by atoms with van der Waals surface area (Å²) in [6.07, 6.45) is 0. The van der Waals surface area contributed by atoms with E-state index in [-0.39, 0.29) is 30.3 Å². The molecule has 9 heteroatoms. The van der Waals surface area contributed by atoms with Crippen LogP contribution < -0.4 is 4.74 Å². The molecule has 0 bridgehead atoms. The molecule has 0 aliphatic heterocycles. The molecular formula is C19H20FN3O4S. The second-order valence-corrected chi connectivity index (χ2v) is 8.04. The predicted molar refractivity (Wildman–Crippen MR) is 101 cm³/mol. The first-order valence-electron chi connectivity index (χ1n) is 8.33. The van der Waals surface area contributed by atoms with E-state index in [9.17, 15) is 17.6 Å². The maximum Gasteiger partial charge on any atom is 0.243 e. The number of benzene rings is 2. The zero-order valence-electron chi connectivity index (χ0n) is 15.5. The van der Waals surface area contributed by atoms with Gasteiger partial charge in [-0.3, -0.25) is 4.79 Å². The zero-order valence-corrected chi connectivity index (χ0v) is 16.3. The Kier molecular flexibility index (Phi) is 7.09. The number of sulfonamides is 1. The lowest BCUT2D eigenvalue weighted by molar-refractivity contribution is -0.130. The Bertz CT molecular complexity index is 971. The van der Waals surface area contributed by atoms with E-state index in [1.165, 1.54) is 55.4 Å². The number of rotatable bonds is 8. The number of ether oxygens (including phenoxy) is 1. The maximum atomic E-state index is 13.5. The van der Waals surface area contributed by atoms with Gasteiger partial charge in [-0.15, -0.1) is 0 Å². The van der Waals surface area contributed by atoms with Gasteiger partial charge < -0.3 is 9.64 Å². The largest absolute Gasteiger partial charge is 0.489 e. The Hall–Kier alpha value is -2.96. The SMILES string of the molecule is CN(CCOc1ccccc1F)C(=O)CN(C)S(=O)(=O)c1ccc(C#N)cc1. The van der Waals surface area contributed by atoms with Gasteiger partial charge in [-0.05, 0) is 36.4 Å². The van der Waals surface area contributed by atoms with Crippen molar-refractivity contribution in [2.75, 3.05) is 33.8 Å².